The zero-order valence-corrected chi connectivity index (χ0v) is 13.3. The van der Waals surface area contributed by atoms with Gasteiger partial charge in [0.1, 0.15) is 5.75 Å². The first-order valence-corrected chi connectivity index (χ1v) is 7.20. The van der Waals surface area contributed by atoms with Gasteiger partial charge < -0.3 is 15.2 Å². The molecule has 0 amide bonds. The Morgan fingerprint density at radius 2 is 2.05 bits per heavy atom. The van der Waals surface area contributed by atoms with Gasteiger partial charge in [-0.05, 0) is 58.2 Å². The Kier molecular flexibility index (Phi) is 4.85. The molecule has 0 fully saturated rings. The van der Waals surface area contributed by atoms with Crippen LogP contribution in [0.2, 0.25) is 0 Å². The third-order valence-corrected chi connectivity index (χ3v) is 3.70. The van der Waals surface area contributed by atoms with Crippen LogP contribution in [0.15, 0.2) is 46.9 Å². The summed E-state index contributed by atoms with van der Waals surface area (Å²) in [6, 6.07) is 12.0. The van der Waals surface area contributed by atoms with Crippen LogP contribution in [-0.2, 0) is 4.79 Å². The number of carboxylic acid groups (broad SMARTS) is 1. The van der Waals surface area contributed by atoms with Crippen molar-refractivity contribution in [1.82, 2.24) is 0 Å². The van der Waals surface area contributed by atoms with Crippen molar-refractivity contribution in [2.75, 3.05) is 12.4 Å². The molecule has 0 aliphatic heterocycles. The van der Waals surface area contributed by atoms with Gasteiger partial charge in [-0.2, -0.15) is 0 Å². The molecule has 0 aliphatic rings. The van der Waals surface area contributed by atoms with Crippen LogP contribution in [0.25, 0.3) is 0 Å². The van der Waals surface area contributed by atoms with E-state index >= 15 is 0 Å². The van der Waals surface area contributed by atoms with E-state index in [4.69, 9.17) is 4.74 Å². The van der Waals surface area contributed by atoms with E-state index in [1.807, 2.05) is 31.2 Å². The first-order chi connectivity index (χ1) is 10.0. The summed E-state index contributed by atoms with van der Waals surface area (Å²) in [4.78, 5) is 11.5. The van der Waals surface area contributed by atoms with E-state index in [9.17, 15) is 9.90 Å². The normalized spacial score (nSPS) is 11.8. The Bertz CT molecular complexity index is 658. The molecule has 1 atom stereocenters. The van der Waals surface area contributed by atoms with Crippen molar-refractivity contribution in [1.29, 1.82) is 0 Å². The van der Waals surface area contributed by atoms with Gasteiger partial charge in [-0.25, -0.2) is 4.79 Å². The number of ether oxygens (including phenoxy) is 1. The van der Waals surface area contributed by atoms with Crippen molar-refractivity contribution >= 4 is 27.6 Å². The van der Waals surface area contributed by atoms with Crippen LogP contribution in [0, 0.1) is 6.92 Å². The standard InChI is InChI=1S/C16H16BrNO3/c1-10-4-3-5-12(8-10)18-15(16(19)20)11-6-7-14(21-2)13(17)9-11/h3-9,15,18H,1-2H3,(H,19,20). The van der Waals surface area contributed by atoms with E-state index in [0.29, 0.717) is 11.3 Å². The fourth-order valence-electron chi connectivity index (χ4n) is 2.05. The number of aliphatic carboxylic acids is 1. The molecular weight excluding hydrogens is 334 g/mol. The average Bonchev–Trinajstić information content (AvgIpc) is 2.44. The van der Waals surface area contributed by atoms with E-state index in [1.165, 1.54) is 0 Å². The molecule has 21 heavy (non-hydrogen) atoms. The highest BCUT2D eigenvalue weighted by atomic mass is 79.9. The summed E-state index contributed by atoms with van der Waals surface area (Å²) in [6.45, 7) is 1.96. The van der Waals surface area contributed by atoms with Gasteiger partial charge in [-0.15, -0.1) is 0 Å². The molecule has 0 bridgehead atoms. The summed E-state index contributed by atoms with van der Waals surface area (Å²) < 4.78 is 5.88. The first-order valence-electron chi connectivity index (χ1n) is 6.40. The van der Waals surface area contributed by atoms with Gasteiger partial charge in [-0.1, -0.05) is 18.2 Å². The molecule has 5 heteroatoms. The number of nitrogens with one attached hydrogen (secondary N) is 1. The van der Waals surface area contributed by atoms with E-state index in [2.05, 4.69) is 21.2 Å². The van der Waals surface area contributed by atoms with Crippen LogP contribution in [0.4, 0.5) is 5.69 Å². The van der Waals surface area contributed by atoms with Crippen LogP contribution < -0.4 is 10.1 Å². The van der Waals surface area contributed by atoms with Crippen molar-refractivity contribution in [2.24, 2.45) is 0 Å². The minimum absolute atomic E-state index is 0.650. The number of carbonyl (C=O) groups is 1. The van der Waals surface area contributed by atoms with Crippen LogP contribution in [0.1, 0.15) is 17.2 Å². The van der Waals surface area contributed by atoms with Crippen LogP contribution in [0.5, 0.6) is 5.75 Å². The number of methoxy groups -OCH3 is 1. The summed E-state index contributed by atoms with van der Waals surface area (Å²) in [7, 11) is 1.57. The maximum absolute atomic E-state index is 11.5. The maximum atomic E-state index is 11.5. The molecule has 0 saturated heterocycles. The van der Waals surface area contributed by atoms with Crippen LogP contribution in [0.3, 0.4) is 0 Å². The third-order valence-electron chi connectivity index (χ3n) is 3.09. The van der Waals surface area contributed by atoms with Crippen LogP contribution >= 0.6 is 15.9 Å². The van der Waals surface area contributed by atoms with Crippen molar-refractivity contribution < 1.29 is 14.6 Å². The lowest BCUT2D eigenvalue weighted by atomic mass is 10.1. The lowest BCUT2D eigenvalue weighted by Crippen LogP contribution is -2.20. The fourth-order valence-corrected chi connectivity index (χ4v) is 2.61. The lowest BCUT2D eigenvalue weighted by Gasteiger charge is -2.17. The van der Waals surface area contributed by atoms with Crippen molar-refractivity contribution in [2.45, 2.75) is 13.0 Å². The van der Waals surface area contributed by atoms with E-state index in [1.54, 1.807) is 25.3 Å². The third kappa shape index (κ3) is 3.76. The predicted octanol–water partition coefficient (Wildman–Crippen LogP) is 4.00. The largest absolute Gasteiger partial charge is 0.496 e. The zero-order valence-electron chi connectivity index (χ0n) is 11.8. The summed E-state index contributed by atoms with van der Waals surface area (Å²) in [5.41, 5.74) is 2.49. The smallest absolute Gasteiger partial charge is 0.330 e. The summed E-state index contributed by atoms with van der Waals surface area (Å²) in [6.07, 6.45) is 0. The molecule has 2 N–H and O–H groups in total. The highest BCUT2D eigenvalue weighted by molar-refractivity contribution is 9.10. The number of carboxylic acids is 1. The Morgan fingerprint density at radius 3 is 2.62 bits per heavy atom. The highest BCUT2D eigenvalue weighted by Gasteiger charge is 2.20. The quantitative estimate of drug-likeness (QED) is 0.856. The van der Waals surface area contributed by atoms with Crippen molar-refractivity contribution in [3.63, 3.8) is 0 Å². The fraction of sp³-hybridized carbons (Fsp3) is 0.188. The molecule has 0 heterocycles. The minimum atomic E-state index is -0.937. The molecule has 0 spiro atoms. The van der Waals surface area contributed by atoms with E-state index in [0.717, 1.165) is 15.7 Å². The average molecular weight is 350 g/mol. The molecular formula is C16H16BrNO3. The van der Waals surface area contributed by atoms with Gasteiger partial charge in [0, 0.05) is 5.69 Å². The first kappa shape index (κ1) is 15.4. The van der Waals surface area contributed by atoms with Gasteiger partial charge in [0.2, 0.25) is 0 Å². The Labute approximate surface area is 131 Å². The van der Waals surface area contributed by atoms with Gasteiger partial charge in [0.05, 0.1) is 11.6 Å². The maximum Gasteiger partial charge on any atom is 0.330 e. The number of aryl methyl sites for hydroxylation is 1. The second-order valence-corrected chi connectivity index (χ2v) is 5.53. The molecule has 2 aromatic rings. The second kappa shape index (κ2) is 6.63. The Hall–Kier alpha value is -2.01. The van der Waals surface area contributed by atoms with Crippen LogP contribution in [-0.4, -0.2) is 18.2 Å². The van der Waals surface area contributed by atoms with Crippen molar-refractivity contribution in [3.8, 4) is 5.75 Å². The number of halogens is 1. The highest BCUT2D eigenvalue weighted by Crippen LogP contribution is 2.29. The zero-order chi connectivity index (χ0) is 15.4. The van der Waals surface area contributed by atoms with Gasteiger partial charge in [0.15, 0.2) is 6.04 Å². The van der Waals surface area contributed by atoms with Gasteiger partial charge in [-0.3, -0.25) is 0 Å². The molecule has 110 valence electrons. The SMILES string of the molecule is COc1ccc(C(Nc2cccc(C)c2)C(=O)O)cc1Br. The summed E-state index contributed by atoms with van der Waals surface area (Å²) >= 11 is 3.38. The monoisotopic (exact) mass is 349 g/mol. The predicted molar refractivity (Wildman–Crippen MR) is 85.9 cm³/mol. The second-order valence-electron chi connectivity index (χ2n) is 4.68. The summed E-state index contributed by atoms with van der Waals surface area (Å²) in [5.74, 6) is -0.271. The molecule has 0 aromatic heterocycles. The molecule has 0 saturated carbocycles. The topological polar surface area (TPSA) is 58.6 Å². The molecule has 0 radical (unpaired) electrons. The lowest BCUT2D eigenvalue weighted by molar-refractivity contribution is -0.138. The minimum Gasteiger partial charge on any atom is -0.496 e. The van der Waals surface area contributed by atoms with E-state index in [-0.39, 0.29) is 0 Å². The molecule has 0 aliphatic carbocycles. The van der Waals surface area contributed by atoms with Gasteiger partial charge >= 0.3 is 5.97 Å². The number of benzene rings is 2. The number of rotatable bonds is 5. The summed E-state index contributed by atoms with van der Waals surface area (Å²) in [5, 5.41) is 12.5. The van der Waals surface area contributed by atoms with E-state index < -0.39 is 12.0 Å². The van der Waals surface area contributed by atoms with Gasteiger partial charge in [0.25, 0.3) is 0 Å². The molecule has 2 aromatic carbocycles. The Morgan fingerprint density at radius 1 is 1.29 bits per heavy atom. The number of hydrogen-bond acceptors (Lipinski definition) is 3. The van der Waals surface area contributed by atoms with Crippen molar-refractivity contribution in [3.05, 3.63) is 58.1 Å². The molecule has 4 nitrogen and oxygen atoms in total. The number of hydrogen-bond donors (Lipinski definition) is 2. The molecule has 2 rings (SSSR count). The molecule has 1 unspecified atom stereocenters. The Balaban J connectivity index is 2.31. The number of anilines is 1.